The Bertz CT molecular complexity index is 925. The third-order valence-corrected chi connectivity index (χ3v) is 7.25. The summed E-state index contributed by atoms with van der Waals surface area (Å²) in [4.78, 5) is 32.3. The van der Waals surface area contributed by atoms with Crippen LogP contribution >= 0.6 is 0 Å². The summed E-state index contributed by atoms with van der Waals surface area (Å²) in [6, 6.07) is 8.07. The molecule has 2 bridgehead atoms. The molecule has 0 saturated carbocycles. The summed E-state index contributed by atoms with van der Waals surface area (Å²) in [7, 11) is 0. The minimum atomic E-state index is -0.403. The van der Waals surface area contributed by atoms with Crippen LogP contribution in [0.3, 0.4) is 0 Å². The van der Waals surface area contributed by atoms with Gasteiger partial charge in [-0.15, -0.1) is 0 Å². The van der Waals surface area contributed by atoms with Gasteiger partial charge in [-0.1, -0.05) is 51.1 Å². The van der Waals surface area contributed by atoms with Crippen LogP contribution in [0.15, 0.2) is 36.4 Å². The Balaban J connectivity index is 1.52. The van der Waals surface area contributed by atoms with Crippen LogP contribution in [0.4, 0.5) is 0 Å². The van der Waals surface area contributed by atoms with Crippen LogP contribution in [0.1, 0.15) is 45.6 Å². The average molecular weight is 484 g/mol. The molecule has 192 valence electrons. The number of β-amino-alcohol motifs (C(OH)–C–C–N with tert-alkyl or cyclic N) is 1. The number of piperidine rings is 1. The number of fused-ring (bicyclic) bond motifs is 3. The summed E-state index contributed by atoms with van der Waals surface area (Å²) in [6.45, 7) is 11.3. The van der Waals surface area contributed by atoms with E-state index in [0.717, 1.165) is 24.3 Å². The largest absolute Gasteiger partial charge is 0.489 e. The number of para-hydroxylation sites is 1. The molecule has 1 aromatic rings. The lowest BCUT2D eigenvalue weighted by atomic mass is 9.82. The van der Waals surface area contributed by atoms with E-state index in [2.05, 4.69) is 37.8 Å². The number of likely N-dealkylation sites (tertiary alicyclic amines) is 1. The Morgan fingerprint density at radius 3 is 2.66 bits per heavy atom. The lowest BCUT2D eigenvalue weighted by molar-refractivity contribution is -0.136. The van der Waals surface area contributed by atoms with Gasteiger partial charge in [0, 0.05) is 51.3 Å². The highest BCUT2D eigenvalue weighted by atomic mass is 16.5. The molecule has 2 fully saturated rings. The van der Waals surface area contributed by atoms with Crippen molar-refractivity contribution in [2.24, 2.45) is 17.3 Å². The highest BCUT2D eigenvalue weighted by molar-refractivity contribution is 5.79. The van der Waals surface area contributed by atoms with Crippen molar-refractivity contribution in [1.29, 1.82) is 0 Å². The van der Waals surface area contributed by atoms with Gasteiger partial charge >= 0.3 is 0 Å². The monoisotopic (exact) mass is 483 g/mol. The SMILES string of the molecule is CC(C)(C)CN1CC(=O)N2CC[C@@H](CC(=O)N3CC[C@@H](O)C3)[C@@H](C=CCOc3ccccc3C1)C2. The first-order chi connectivity index (χ1) is 16.7. The Hall–Kier alpha value is -2.38. The van der Waals surface area contributed by atoms with E-state index in [1.165, 1.54) is 0 Å². The Kier molecular flexibility index (Phi) is 8.17. The Labute approximate surface area is 209 Å². The Morgan fingerprint density at radius 1 is 1.11 bits per heavy atom. The highest BCUT2D eigenvalue weighted by Crippen LogP contribution is 2.30. The molecular formula is C28H41N3O4. The molecule has 0 unspecified atom stereocenters. The van der Waals surface area contributed by atoms with Crippen LogP contribution in [0.2, 0.25) is 0 Å². The maximum Gasteiger partial charge on any atom is 0.236 e. The number of nitrogens with zero attached hydrogens (tertiary/aromatic N) is 3. The zero-order chi connectivity index (χ0) is 25.0. The van der Waals surface area contributed by atoms with E-state index in [1.54, 1.807) is 4.90 Å². The molecule has 2 saturated heterocycles. The summed E-state index contributed by atoms with van der Waals surface area (Å²) in [5.41, 5.74) is 1.15. The van der Waals surface area contributed by atoms with Crippen LogP contribution in [0.25, 0.3) is 0 Å². The first-order valence-electron chi connectivity index (χ1n) is 13.0. The number of rotatable bonds is 3. The first-order valence-corrected chi connectivity index (χ1v) is 13.0. The van der Waals surface area contributed by atoms with Crippen LogP contribution < -0.4 is 4.74 Å². The van der Waals surface area contributed by atoms with Crippen LogP contribution in [0.5, 0.6) is 5.75 Å². The van der Waals surface area contributed by atoms with Gasteiger partial charge in [0.1, 0.15) is 12.4 Å². The molecule has 1 N–H and O–H groups in total. The summed E-state index contributed by atoms with van der Waals surface area (Å²) >= 11 is 0. The number of hydrogen-bond acceptors (Lipinski definition) is 5. The molecule has 0 aromatic heterocycles. The van der Waals surface area contributed by atoms with E-state index < -0.39 is 6.10 Å². The quantitative estimate of drug-likeness (QED) is 0.670. The zero-order valence-corrected chi connectivity index (χ0v) is 21.5. The third-order valence-electron chi connectivity index (χ3n) is 7.25. The highest BCUT2D eigenvalue weighted by Gasteiger charge is 2.34. The fourth-order valence-corrected chi connectivity index (χ4v) is 5.56. The van der Waals surface area contributed by atoms with E-state index in [9.17, 15) is 14.7 Å². The molecule has 7 heteroatoms. The number of aliphatic hydroxyl groups is 1. The molecule has 0 radical (unpaired) electrons. The topological polar surface area (TPSA) is 73.3 Å². The van der Waals surface area contributed by atoms with Gasteiger partial charge in [0.25, 0.3) is 0 Å². The number of carbonyl (C=O) groups is 2. The summed E-state index contributed by atoms with van der Waals surface area (Å²) in [5.74, 6) is 1.41. The smallest absolute Gasteiger partial charge is 0.236 e. The number of ether oxygens (including phenoxy) is 1. The molecule has 3 heterocycles. The standard InChI is InChI=1S/C28H41N3O4/c1-28(2,3)20-29-16-23-7-4-5-9-25(23)35-14-6-8-22-17-30(27(34)19-29)12-10-21(22)15-26(33)31-13-11-24(32)18-31/h4-9,21-22,24,32H,10-20H2,1-3H3/t21-,22-,24+/m0/s1. The van der Waals surface area contributed by atoms with Gasteiger partial charge in [-0.3, -0.25) is 14.5 Å². The Morgan fingerprint density at radius 2 is 1.91 bits per heavy atom. The van der Waals surface area contributed by atoms with Gasteiger partial charge in [0.15, 0.2) is 0 Å². The van der Waals surface area contributed by atoms with Crippen LogP contribution in [-0.2, 0) is 16.1 Å². The number of amides is 2. The second kappa shape index (κ2) is 11.1. The number of aliphatic hydroxyl groups excluding tert-OH is 1. The second-order valence-electron chi connectivity index (χ2n) is 11.6. The first kappa shape index (κ1) is 25.7. The fraction of sp³-hybridized carbons (Fsp3) is 0.643. The molecule has 4 rings (SSSR count). The maximum absolute atomic E-state index is 13.4. The van der Waals surface area contributed by atoms with Crippen molar-refractivity contribution in [2.75, 3.05) is 45.9 Å². The van der Waals surface area contributed by atoms with E-state index >= 15 is 0 Å². The van der Waals surface area contributed by atoms with E-state index in [-0.39, 0.29) is 29.1 Å². The normalized spacial score (nSPS) is 26.4. The van der Waals surface area contributed by atoms with Crippen molar-refractivity contribution in [1.82, 2.24) is 14.7 Å². The fourth-order valence-electron chi connectivity index (χ4n) is 5.56. The molecule has 3 aliphatic rings. The van der Waals surface area contributed by atoms with Crippen molar-refractivity contribution in [3.63, 3.8) is 0 Å². The summed E-state index contributed by atoms with van der Waals surface area (Å²) < 4.78 is 6.14. The minimum Gasteiger partial charge on any atom is -0.489 e. The van der Waals surface area contributed by atoms with Crippen molar-refractivity contribution in [3.05, 3.63) is 42.0 Å². The lowest BCUT2D eigenvalue weighted by Gasteiger charge is -2.39. The van der Waals surface area contributed by atoms with E-state index in [4.69, 9.17) is 4.74 Å². The number of carbonyl (C=O) groups excluding carboxylic acids is 2. The molecule has 1 aromatic carbocycles. The number of hydrogen-bond donors (Lipinski definition) is 1. The van der Waals surface area contributed by atoms with Crippen LogP contribution in [-0.4, -0.2) is 83.6 Å². The predicted molar refractivity (Wildman–Crippen MR) is 136 cm³/mol. The maximum atomic E-state index is 13.4. The van der Waals surface area contributed by atoms with Gasteiger partial charge < -0.3 is 19.6 Å². The molecule has 35 heavy (non-hydrogen) atoms. The predicted octanol–water partition coefficient (Wildman–Crippen LogP) is 2.93. The van der Waals surface area contributed by atoms with Crippen molar-refractivity contribution in [3.8, 4) is 5.75 Å². The average Bonchev–Trinajstić information content (AvgIpc) is 3.23. The molecule has 3 aliphatic heterocycles. The van der Waals surface area contributed by atoms with E-state index in [1.807, 2.05) is 29.2 Å². The number of benzene rings is 1. The third kappa shape index (κ3) is 7.07. The second-order valence-corrected chi connectivity index (χ2v) is 11.6. The lowest BCUT2D eigenvalue weighted by Crippen LogP contribution is -2.48. The van der Waals surface area contributed by atoms with Crippen molar-refractivity contribution < 1.29 is 19.4 Å². The molecular weight excluding hydrogens is 442 g/mol. The van der Waals surface area contributed by atoms with Gasteiger partial charge in [-0.25, -0.2) is 0 Å². The molecule has 3 atom stereocenters. The summed E-state index contributed by atoms with van der Waals surface area (Å²) in [5, 5.41) is 9.82. The van der Waals surface area contributed by atoms with Crippen LogP contribution in [0, 0.1) is 17.3 Å². The van der Waals surface area contributed by atoms with Crippen molar-refractivity contribution in [2.45, 2.75) is 52.7 Å². The zero-order valence-electron chi connectivity index (χ0n) is 21.5. The minimum absolute atomic E-state index is 0.0602. The molecule has 2 amide bonds. The van der Waals surface area contributed by atoms with Crippen molar-refractivity contribution >= 4 is 11.8 Å². The van der Waals surface area contributed by atoms with Gasteiger partial charge in [-0.05, 0) is 36.2 Å². The van der Waals surface area contributed by atoms with Gasteiger partial charge in [0.2, 0.25) is 11.8 Å². The molecule has 0 spiro atoms. The van der Waals surface area contributed by atoms with E-state index in [0.29, 0.717) is 58.7 Å². The molecule has 7 nitrogen and oxygen atoms in total. The molecule has 0 aliphatic carbocycles. The van der Waals surface area contributed by atoms with Gasteiger partial charge in [-0.2, -0.15) is 0 Å². The van der Waals surface area contributed by atoms with Gasteiger partial charge in [0.05, 0.1) is 12.6 Å². The summed E-state index contributed by atoms with van der Waals surface area (Å²) in [6.07, 6.45) is 5.71.